The molecule has 0 amide bonds. The summed E-state index contributed by atoms with van der Waals surface area (Å²) in [6, 6.07) is 58.3. The lowest BCUT2D eigenvalue weighted by Crippen LogP contribution is -2.17. The van der Waals surface area contributed by atoms with Crippen LogP contribution in [0.15, 0.2) is 158 Å². The van der Waals surface area contributed by atoms with E-state index in [2.05, 4.69) is 197 Å². The molecule has 0 spiro atoms. The predicted molar refractivity (Wildman–Crippen MR) is 206 cm³/mol. The third-order valence-corrected chi connectivity index (χ3v) is 10.2. The van der Waals surface area contributed by atoms with Gasteiger partial charge in [0.25, 0.3) is 0 Å². The monoisotopic (exact) mass is 619 g/mol. The van der Waals surface area contributed by atoms with Crippen LogP contribution in [0.25, 0.3) is 44.2 Å². The Bertz CT molecular complexity index is 2280. The smallest absolute Gasteiger partial charge is 0.0546 e. The fourth-order valence-electron chi connectivity index (χ4n) is 7.60. The quantitative estimate of drug-likeness (QED) is 0.185. The Balaban J connectivity index is 1.39. The molecule has 0 fully saturated rings. The zero-order valence-electron chi connectivity index (χ0n) is 28.5. The molecule has 1 heteroatoms. The van der Waals surface area contributed by atoms with Crippen LogP contribution >= 0.6 is 0 Å². The van der Waals surface area contributed by atoms with Crippen LogP contribution in [0.2, 0.25) is 0 Å². The Morgan fingerprint density at radius 3 is 1.92 bits per heavy atom. The second-order valence-corrected chi connectivity index (χ2v) is 14.7. The van der Waals surface area contributed by atoms with Gasteiger partial charge in [-0.1, -0.05) is 156 Å². The predicted octanol–water partition coefficient (Wildman–Crippen LogP) is 13.2. The van der Waals surface area contributed by atoms with E-state index in [1.54, 1.807) is 0 Å². The minimum absolute atomic E-state index is 0.0682. The highest BCUT2D eigenvalue weighted by Gasteiger charge is 2.36. The summed E-state index contributed by atoms with van der Waals surface area (Å²) in [6.07, 6.45) is 0. The number of rotatable bonds is 5. The van der Waals surface area contributed by atoms with Crippen molar-refractivity contribution < 1.29 is 0 Å². The van der Waals surface area contributed by atoms with E-state index in [1.807, 2.05) is 0 Å². The van der Waals surface area contributed by atoms with Crippen LogP contribution in [0, 0.1) is 0 Å². The van der Waals surface area contributed by atoms with Gasteiger partial charge in [0.1, 0.15) is 0 Å². The maximum Gasteiger partial charge on any atom is 0.0546 e. The van der Waals surface area contributed by atoms with Crippen LogP contribution in [-0.4, -0.2) is 0 Å². The van der Waals surface area contributed by atoms with Crippen LogP contribution in [0.5, 0.6) is 0 Å². The van der Waals surface area contributed by atoms with Crippen molar-refractivity contribution >= 4 is 27.8 Å². The van der Waals surface area contributed by atoms with Crippen LogP contribution in [0.4, 0.5) is 17.1 Å². The number of anilines is 3. The summed E-state index contributed by atoms with van der Waals surface area (Å²) in [6.45, 7) is 11.6. The lowest BCUT2D eigenvalue weighted by atomic mass is 9.82. The molecule has 0 saturated heterocycles. The molecule has 48 heavy (non-hydrogen) atoms. The molecule has 1 aliphatic rings. The van der Waals surface area contributed by atoms with Gasteiger partial charge in [0.05, 0.1) is 5.69 Å². The van der Waals surface area contributed by atoms with E-state index in [1.165, 1.54) is 60.8 Å². The van der Waals surface area contributed by atoms with E-state index >= 15 is 0 Å². The second-order valence-electron chi connectivity index (χ2n) is 14.7. The first-order valence-electron chi connectivity index (χ1n) is 17.0. The van der Waals surface area contributed by atoms with Crippen molar-refractivity contribution in [3.05, 3.63) is 174 Å². The van der Waals surface area contributed by atoms with Crippen molar-refractivity contribution in [2.75, 3.05) is 4.90 Å². The van der Waals surface area contributed by atoms with Crippen molar-refractivity contribution in [2.24, 2.45) is 0 Å². The van der Waals surface area contributed by atoms with Crippen LogP contribution in [0.3, 0.4) is 0 Å². The molecule has 0 unspecified atom stereocenters. The Labute approximate surface area is 285 Å². The van der Waals surface area contributed by atoms with E-state index in [0.717, 1.165) is 17.1 Å². The molecule has 0 aromatic heterocycles. The standard InChI is InChI=1S/C47H41N/c1-46(2,3)36-23-25-37(26-24-36)48(38-27-28-41-40-20-11-12-21-42(40)47(4,5)43(41)31-38)44-29-22-33-16-9-10-19-39(33)45(44)35-18-13-17-34(30-35)32-14-7-6-8-15-32/h6-31H,1-5H3. The highest BCUT2D eigenvalue weighted by molar-refractivity contribution is 6.06. The average Bonchev–Trinajstić information content (AvgIpc) is 3.34. The molecule has 0 aliphatic heterocycles. The third-order valence-electron chi connectivity index (χ3n) is 10.2. The topological polar surface area (TPSA) is 3.24 Å². The maximum absolute atomic E-state index is 2.47. The summed E-state index contributed by atoms with van der Waals surface area (Å²) >= 11 is 0. The Kier molecular flexibility index (Phi) is 7.11. The average molecular weight is 620 g/mol. The SMILES string of the molecule is CC(C)(C)c1ccc(N(c2ccc3c(c2)C(C)(C)c2ccccc2-3)c2ccc3ccccc3c2-c2cccc(-c3ccccc3)c2)cc1. The zero-order chi connectivity index (χ0) is 33.0. The summed E-state index contributed by atoms with van der Waals surface area (Å²) in [5.41, 5.74) is 15.1. The normalized spacial score (nSPS) is 13.3. The molecule has 234 valence electrons. The van der Waals surface area contributed by atoms with E-state index in [9.17, 15) is 0 Å². The van der Waals surface area contributed by atoms with E-state index in [-0.39, 0.29) is 10.8 Å². The molecule has 7 aromatic rings. The Morgan fingerprint density at radius 2 is 1.12 bits per heavy atom. The fraction of sp³-hybridized carbons (Fsp3) is 0.149. The molecular formula is C47H41N. The molecule has 0 radical (unpaired) electrons. The van der Waals surface area contributed by atoms with E-state index < -0.39 is 0 Å². The van der Waals surface area contributed by atoms with Gasteiger partial charge in [-0.15, -0.1) is 0 Å². The summed E-state index contributed by atoms with van der Waals surface area (Å²) < 4.78 is 0. The number of benzene rings is 7. The van der Waals surface area contributed by atoms with Gasteiger partial charge in [0.15, 0.2) is 0 Å². The molecule has 1 nitrogen and oxygen atoms in total. The molecular weight excluding hydrogens is 579 g/mol. The van der Waals surface area contributed by atoms with Crippen molar-refractivity contribution in [1.82, 2.24) is 0 Å². The number of nitrogens with zero attached hydrogens (tertiary/aromatic N) is 1. The summed E-state index contributed by atoms with van der Waals surface area (Å²) in [5, 5.41) is 2.47. The van der Waals surface area contributed by atoms with Gasteiger partial charge in [-0.25, -0.2) is 0 Å². The van der Waals surface area contributed by atoms with Gasteiger partial charge in [0.2, 0.25) is 0 Å². The molecule has 0 N–H and O–H groups in total. The minimum atomic E-state index is -0.0973. The van der Waals surface area contributed by atoms with Crippen molar-refractivity contribution in [3.8, 4) is 33.4 Å². The third kappa shape index (κ3) is 5.02. The highest BCUT2D eigenvalue weighted by Crippen LogP contribution is 2.52. The van der Waals surface area contributed by atoms with Crippen molar-refractivity contribution in [2.45, 2.75) is 45.4 Å². The van der Waals surface area contributed by atoms with Gasteiger partial charge in [0, 0.05) is 22.4 Å². The van der Waals surface area contributed by atoms with Crippen molar-refractivity contribution in [3.63, 3.8) is 0 Å². The lowest BCUT2D eigenvalue weighted by Gasteiger charge is -2.31. The molecule has 0 heterocycles. The first-order chi connectivity index (χ1) is 23.2. The summed E-state index contributed by atoms with van der Waals surface area (Å²) in [7, 11) is 0. The molecule has 8 rings (SSSR count). The van der Waals surface area contributed by atoms with Crippen LogP contribution < -0.4 is 4.90 Å². The molecule has 0 saturated carbocycles. The fourth-order valence-corrected chi connectivity index (χ4v) is 7.60. The maximum atomic E-state index is 2.47. The highest BCUT2D eigenvalue weighted by atomic mass is 15.1. The second kappa shape index (κ2) is 11.4. The van der Waals surface area contributed by atoms with Gasteiger partial charge < -0.3 is 4.90 Å². The molecule has 0 bridgehead atoms. The first-order valence-corrected chi connectivity index (χ1v) is 17.0. The molecule has 1 aliphatic carbocycles. The molecule has 7 aromatic carbocycles. The van der Waals surface area contributed by atoms with Gasteiger partial charge in [-0.05, 0) is 97.1 Å². The zero-order valence-corrected chi connectivity index (χ0v) is 28.5. The van der Waals surface area contributed by atoms with Gasteiger partial charge >= 0.3 is 0 Å². The van der Waals surface area contributed by atoms with E-state index in [4.69, 9.17) is 0 Å². The number of hydrogen-bond acceptors (Lipinski definition) is 1. The van der Waals surface area contributed by atoms with Gasteiger partial charge in [-0.3, -0.25) is 0 Å². The van der Waals surface area contributed by atoms with E-state index in [0.29, 0.717) is 0 Å². The summed E-state index contributed by atoms with van der Waals surface area (Å²) in [5.74, 6) is 0. The van der Waals surface area contributed by atoms with Crippen LogP contribution in [0.1, 0.15) is 51.3 Å². The van der Waals surface area contributed by atoms with Gasteiger partial charge in [-0.2, -0.15) is 0 Å². The first kappa shape index (κ1) is 30.0. The van der Waals surface area contributed by atoms with Crippen LogP contribution in [-0.2, 0) is 10.8 Å². The Hall–Kier alpha value is -5.40. The largest absolute Gasteiger partial charge is 0.310 e. The number of fused-ring (bicyclic) bond motifs is 4. The number of hydrogen-bond donors (Lipinski definition) is 0. The minimum Gasteiger partial charge on any atom is -0.310 e. The Morgan fingerprint density at radius 1 is 0.479 bits per heavy atom. The lowest BCUT2D eigenvalue weighted by molar-refractivity contribution is 0.590. The van der Waals surface area contributed by atoms with Crippen molar-refractivity contribution in [1.29, 1.82) is 0 Å². The molecule has 0 atom stereocenters. The summed E-state index contributed by atoms with van der Waals surface area (Å²) in [4.78, 5) is 2.47.